The van der Waals surface area contributed by atoms with Crippen molar-refractivity contribution in [3.05, 3.63) is 50.6 Å². The number of carboxylic acid groups (broad SMARTS) is 1. The minimum Gasteiger partial charge on any atom is -0.492 e. The van der Waals surface area contributed by atoms with E-state index in [4.69, 9.17) is 9.84 Å². The topological polar surface area (TPSA) is 49.8 Å². The third kappa shape index (κ3) is 5.15. The van der Waals surface area contributed by atoms with Crippen LogP contribution >= 0.6 is 27.3 Å². The van der Waals surface area contributed by atoms with Crippen LogP contribution in [0.3, 0.4) is 0 Å². The highest BCUT2D eigenvalue weighted by molar-refractivity contribution is 9.11. The number of likely N-dealkylation sites (N-methyl/N-ethyl adjacent to an activating group) is 1. The fraction of sp³-hybridized carbons (Fsp3) is 0.267. The van der Waals surface area contributed by atoms with Gasteiger partial charge in [-0.05, 0) is 64.3 Å². The maximum absolute atomic E-state index is 10.7. The number of carboxylic acids is 1. The molecule has 0 aliphatic carbocycles. The van der Waals surface area contributed by atoms with Crippen LogP contribution in [0.5, 0.6) is 5.75 Å². The first-order valence-corrected chi connectivity index (χ1v) is 8.09. The molecule has 0 fully saturated rings. The van der Waals surface area contributed by atoms with Crippen LogP contribution in [-0.2, 0) is 6.54 Å². The number of benzene rings is 1. The van der Waals surface area contributed by atoms with E-state index in [0.717, 1.165) is 16.9 Å². The van der Waals surface area contributed by atoms with Crippen LogP contribution in [0.1, 0.15) is 15.9 Å². The van der Waals surface area contributed by atoms with Gasteiger partial charge in [-0.3, -0.25) is 4.90 Å². The molecule has 1 N–H and O–H groups in total. The summed E-state index contributed by atoms with van der Waals surface area (Å²) in [4.78, 5) is 12.9. The first kappa shape index (κ1) is 16.0. The van der Waals surface area contributed by atoms with Gasteiger partial charge < -0.3 is 9.84 Å². The summed E-state index contributed by atoms with van der Waals surface area (Å²) in [5.41, 5.74) is 1.54. The molecular weight excluding hydrogens is 354 g/mol. The molecule has 6 heteroatoms. The molecule has 0 aliphatic rings. The van der Waals surface area contributed by atoms with Crippen molar-refractivity contribution in [3.8, 4) is 5.75 Å². The number of hydrogen-bond donors (Lipinski definition) is 1. The molecule has 1 heterocycles. The SMILES string of the molecule is CN(CCOc1ccc(C(=O)O)cc1)Cc1csc(Br)c1. The zero-order valence-corrected chi connectivity index (χ0v) is 14.0. The average Bonchev–Trinajstić information content (AvgIpc) is 2.84. The van der Waals surface area contributed by atoms with Crippen LogP contribution in [0.15, 0.2) is 39.5 Å². The smallest absolute Gasteiger partial charge is 0.335 e. The molecule has 0 aliphatic heterocycles. The number of halogens is 1. The minimum atomic E-state index is -0.928. The van der Waals surface area contributed by atoms with Gasteiger partial charge in [0.1, 0.15) is 12.4 Å². The van der Waals surface area contributed by atoms with Gasteiger partial charge >= 0.3 is 5.97 Å². The molecule has 0 spiro atoms. The van der Waals surface area contributed by atoms with E-state index in [1.165, 1.54) is 5.56 Å². The van der Waals surface area contributed by atoms with Gasteiger partial charge in [0.2, 0.25) is 0 Å². The second kappa shape index (κ2) is 7.59. The molecular formula is C15H16BrNO3S. The number of hydrogen-bond acceptors (Lipinski definition) is 4. The third-order valence-electron chi connectivity index (χ3n) is 2.92. The van der Waals surface area contributed by atoms with E-state index in [0.29, 0.717) is 12.4 Å². The molecule has 1 aromatic carbocycles. The van der Waals surface area contributed by atoms with Gasteiger partial charge in [0.05, 0.1) is 9.35 Å². The monoisotopic (exact) mass is 369 g/mol. The summed E-state index contributed by atoms with van der Waals surface area (Å²) in [6.45, 7) is 2.24. The van der Waals surface area contributed by atoms with E-state index < -0.39 is 5.97 Å². The van der Waals surface area contributed by atoms with Crippen LogP contribution in [0, 0.1) is 0 Å². The third-order valence-corrected chi connectivity index (χ3v) is 4.47. The summed E-state index contributed by atoms with van der Waals surface area (Å²) in [5.74, 6) is -0.241. The highest BCUT2D eigenvalue weighted by atomic mass is 79.9. The molecule has 112 valence electrons. The zero-order valence-electron chi connectivity index (χ0n) is 11.6. The van der Waals surface area contributed by atoms with Crippen LogP contribution in [0.2, 0.25) is 0 Å². The van der Waals surface area contributed by atoms with Gasteiger partial charge in [0, 0.05) is 13.1 Å². The molecule has 1 aromatic heterocycles. The quantitative estimate of drug-likeness (QED) is 0.807. The number of thiophene rings is 1. The number of aromatic carboxylic acids is 1. The summed E-state index contributed by atoms with van der Waals surface area (Å²) < 4.78 is 6.75. The van der Waals surface area contributed by atoms with E-state index in [1.807, 2.05) is 7.05 Å². The molecule has 0 bridgehead atoms. The van der Waals surface area contributed by atoms with Crippen molar-refractivity contribution < 1.29 is 14.6 Å². The molecule has 0 unspecified atom stereocenters. The average molecular weight is 370 g/mol. The second-order valence-corrected chi connectivity index (χ2v) is 6.97. The molecule has 0 saturated heterocycles. The van der Waals surface area contributed by atoms with Crippen LogP contribution in [0.25, 0.3) is 0 Å². The van der Waals surface area contributed by atoms with Crippen molar-refractivity contribution in [2.24, 2.45) is 0 Å². The lowest BCUT2D eigenvalue weighted by Gasteiger charge is -2.16. The number of rotatable bonds is 7. The fourth-order valence-electron chi connectivity index (χ4n) is 1.83. The summed E-state index contributed by atoms with van der Waals surface area (Å²) in [6, 6.07) is 8.57. The summed E-state index contributed by atoms with van der Waals surface area (Å²) in [7, 11) is 2.04. The van der Waals surface area contributed by atoms with Crippen molar-refractivity contribution in [3.63, 3.8) is 0 Å². The van der Waals surface area contributed by atoms with Gasteiger partial charge in [0.15, 0.2) is 0 Å². The maximum Gasteiger partial charge on any atom is 0.335 e. The van der Waals surface area contributed by atoms with Crippen molar-refractivity contribution in [1.82, 2.24) is 4.90 Å². The Morgan fingerprint density at radius 1 is 1.38 bits per heavy atom. The molecule has 0 amide bonds. The molecule has 0 saturated carbocycles. The zero-order chi connectivity index (χ0) is 15.2. The van der Waals surface area contributed by atoms with E-state index in [1.54, 1.807) is 35.6 Å². The molecule has 0 radical (unpaired) electrons. The lowest BCUT2D eigenvalue weighted by Crippen LogP contribution is -2.23. The Balaban J connectivity index is 1.74. The summed E-state index contributed by atoms with van der Waals surface area (Å²) >= 11 is 5.14. The lowest BCUT2D eigenvalue weighted by atomic mass is 10.2. The first-order chi connectivity index (χ1) is 10.0. The predicted octanol–water partition coefficient (Wildman–Crippen LogP) is 3.72. The largest absolute Gasteiger partial charge is 0.492 e. The molecule has 0 atom stereocenters. The van der Waals surface area contributed by atoms with Crippen molar-refractivity contribution in [2.75, 3.05) is 20.2 Å². The Bertz CT molecular complexity index is 597. The number of carbonyl (C=O) groups is 1. The predicted molar refractivity (Wildman–Crippen MR) is 87.2 cm³/mol. The molecule has 2 rings (SSSR count). The highest BCUT2D eigenvalue weighted by Gasteiger charge is 2.04. The van der Waals surface area contributed by atoms with E-state index in [2.05, 4.69) is 32.3 Å². The summed E-state index contributed by atoms with van der Waals surface area (Å²) in [6.07, 6.45) is 0. The Hall–Kier alpha value is -1.37. The van der Waals surface area contributed by atoms with Crippen molar-refractivity contribution >= 4 is 33.2 Å². The molecule has 2 aromatic rings. The number of ether oxygens (including phenoxy) is 1. The minimum absolute atomic E-state index is 0.266. The normalized spacial score (nSPS) is 10.8. The highest BCUT2D eigenvalue weighted by Crippen LogP contribution is 2.21. The first-order valence-electron chi connectivity index (χ1n) is 6.42. The second-order valence-electron chi connectivity index (χ2n) is 4.67. The Labute approximate surface area is 136 Å². The van der Waals surface area contributed by atoms with Crippen LogP contribution < -0.4 is 4.74 Å². The van der Waals surface area contributed by atoms with Crippen molar-refractivity contribution in [2.45, 2.75) is 6.54 Å². The molecule has 21 heavy (non-hydrogen) atoms. The van der Waals surface area contributed by atoms with E-state index in [9.17, 15) is 4.79 Å². The van der Waals surface area contributed by atoms with Gasteiger partial charge in [-0.15, -0.1) is 11.3 Å². The number of nitrogens with zero attached hydrogens (tertiary/aromatic N) is 1. The van der Waals surface area contributed by atoms with Gasteiger partial charge in [0.25, 0.3) is 0 Å². The van der Waals surface area contributed by atoms with Gasteiger partial charge in [-0.1, -0.05) is 0 Å². The Morgan fingerprint density at radius 2 is 2.10 bits per heavy atom. The van der Waals surface area contributed by atoms with Crippen LogP contribution in [-0.4, -0.2) is 36.2 Å². The van der Waals surface area contributed by atoms with E-state index >= 15 is 0 Å². The maximum atomic E-state index is 10.7. The van der Waals surface area contributed by atoms with Crippen molar-refractivity contribution in [1.29, 1.82) is 0 Å². The molecule has 4 nitrogen and oxygen atoms in total. The van der Waals surface area contributed by atoms with Gasteiger partial charge in [-0.2, -0.15) is 0 Å². The summed E-state index contributed by atoms with van der Waals surface area (Å²) in [5, 5.41) is 10.9. The standard InChI is InChI=1S/C15H16BrNO3S/c1-17(9-11-8-14(16)21-10-11)6-7-20-13-4-2-12(3-5-13)15(18)19/h2-5,8,10H,6-7,9H2,1H3,(H,18,19). The fourth-order valence-corrected chi connectivity index (χ4v) is 3.03. The van der Waals surface area contributed by atoms with E-state index in [-0.39, 0.29) is 5.56 Å². The van der Waals surface area contributed by atoms with Crippen LogP contribution in [0.4, 0.5) is 0 Å². The Morgan fingerprint density at radius 3 is 2.67 bits per heavy atom. The lowest BCUT2D eigenvalue weighted by molar-refractivity contribution is 0.0697. The Kier molecular flexibility index (Phi) is 5.78. The van der Waals surface area contributed by atoms with Gasteiger partial charge in [-0.25, -0.2) is 4.79 Å².